The Kier molecular flexibility index (Phi) is 6.78. The maximum atomic E-state index is 14.2. The number of rotatable bonds is 7. The standard InChI is InChI=1S/C27H29ClN2O5S/c1-3-35-26(34)21-20-13-15(2)27(36-20)22(21)25(33)30(19(14-31)16-7-5-4-6-8-16)23(27)24(32)29-18-11-9-17(28)10-12-18/h4-12,15,19-23,31H,3,13-14H2,1-2H3,(H,29,32)/t15?,19-,20+,21-,22+,23?,27?/m1/s1. The lowest BCUT2D eigenvalue weighted by Gasteiger charge is -2.40. The minimum absolute atomic E-state index is 0.00760. The third-order valence-electron chi connectivity index (χ3n) is 7.80. The van der Waals surface area contributed by atoms with Gasteiger partial charge < -0.3 is 20.1 Å². The van der Waals surface area contributed by atoms with Crippen molar-refractivity contribution in [2.75, 3.05) is 18.5 Å². The SMILES string of the molecule is CCOC(=O)[C@@H]1[C@@H]2CC(C)C3(S2)C(C(=O)Nc2ccc(Cl)cc2)N([C@H](CO)c2ccccc2)C(=O)[C@H]13. The number of hydrogen-bond donors (Lipinski definition) is 2. The number of nitrogens with one attached hydrogen (secondary N) is 1. The van der Waals surface area contributed by atoms with Crippen molar-refractivity contribution in [2.24, 2.45) is 17.8 Å². The Morgan fingerprint density at radius 1 is 1.22 bits per heavy atom. The Balaban J connectivity index is 1.61. The van der Waals surface area contributed by atoms with Crippen molar-refractivity contribution in [3.05, 3.63) is 65.2 Å². The van der Waals surface area contributed by atoms with E-state index in [1.54, 1.807) is 43.0 Å². The van der Waals surface area contributed by atoms with E-state index < -0.39 is 28.7 Å². The zero-order valence-corrected chi connectivity index (χ0v) is 21.7. The molecular formula is C27H29ClN2O5S. The van der Waals surface area contributed by atoms with E-state index in [1.165, 1.54) is 4.90 Å². The van der Waals surface area contributed by atoms with Crippen molar-refractivity contribution < 1.29 is 24.2 Å². The van der Waals surface area contributed by atoms with Crippen LogP contribution in [0, 0.1) is 17.8 Å². The molecule has 1 spiro atoms. The maximum absolute atomic E-state index is 14.2. The normalized spacial score (nSPS) is 31.3. The number of aliphatic hydroxyl groups excluding tert-OH is 1. The largest absolute Gasteiger partial charge is 0.466 e. The molecule has 3 heterocycles. The molecule has 3 saturated heterocycles. The molecule has 7 atom stereocenters. The van der Waals surface area contributed by atoms with Gasteiger partial charge in [-0.1, -0.05) is 48.9 Å². The number of amides is 2. The van der Waals surface area contributed by atoms with Crippen LogP contribution in [0.3, 0.4) is 0 Å². The highest BCUT2D eigenvalue weighted by Gasteiger charge is 2.77. The fourth-order valence-corrected chi connectivity index (χ4v) is 8.90. The van der Waals surface area contributed by atoms with Gasteiger partial charge in [0.1, 0.15) is 6.04 Å². The summed E-state index contributed by atoms with van der Waals surface area (Å²) in [5.41, 5.74) is 1.29. The summed E-state index contributed by atoms with van der Waals surface area (Å²) in [6.45, 7) is 3.68. The molecule has 3 aliphatic rings. The number of hydrogen-bond acceptors (Lipinski definition) is 6. The number of aliphatic hydroxyl groups is 1. The molecule has 2 amide bonds. The zero-order valence-electron chi connectivity index (χ0n) is 20.1. The molecule has 0 saturated carbocycles. The third-order valence-corrected chi connectivity index (χ3v) is 10.1. The third kappa shape index (κ3) is 3.81. The van der Waals surface area contributed by atoms with Crippen molar-refractivity contribution in [2.45, 2.75) is 42.3 Å². The fourth-order valence-electron chi connectivity index (χ4n) is 6.37. The molecule has 2 aromatic rings. The number of halogens is 1. The number of carbonyl (C=O) groups is 3. The molecule has 3 unspecified atom stereocenters. The van der Waals surface area contributed by atoms with Crippen molar-refractivity contribution in [3.8, 4) is 0 Å². The molecule has 0 radical (unpaired) electrons. The number of esters is 1. The van der Waals surface area contributed by atoms with Crippen LogP contribution in [0.25, 0.3) is 0 Å². The first-order chi connectivity index (χ1) is 17.3. The van der Waals surface area contributed by atoms with Crippen LogP contribution in [0.1, 0.15) is 31.9 Å². The molecule has 3 fully saturated rings. The summed E-state index contributed by atoms with van der Waals surface area (Å²) in [6.07, 6.45) is 0.714. The summed E-state index contributed by atoms with van der Waals surface area (Å²) < 4.78 is 4.58. The van der Waals surface area contributed by atoms with Gasteiger partial charge in [-0.2, -0.15) is 0 Å². The van der Waals surface area contributed by atoms with Crippen molar-refractivity contribution in [3.63, 3.8) is 0 Å². The lowest BCUT2D eigenvalue weighted by Crippen LogP contribution is -2.55. The summed E-state index contributed by atoms with van der Waals surface area (Å²) >= 11 is 7.59. The van der Waals surface area contributed by atoms with Gasteiger partial charge in [-0.3, -0.25) is 14.4 Å². The summed E-state index contributed by atoms with van der Waals surface area (Å²) in [5.74, 6) is -2.33. The first-order valence-electron chi connectivity index (χ1n) is 12.2. The van der Waals surface area contributed by atoms with E-state index in [2.05, 4.69) is 12.2 Å². The van der Waals surface area contributed by atoms with Gasteiger partial charge in [0.05, 0.1) is 35.8 Å². The van der Waals surface area contributed by atoms with Gasteiger partial charge in [0.15, 0.2) is 0 Å². The second kappa shape index (κ2) is 9.72. The Morgan fingerprint density at radius 3 is 2.56 bits per heavy atom. The predicted molar refractivity (Wildman–Crippen MR) is 138 cm³/mol. The van der Waals surface area contributed by atoms with E-state index in [0.29, 0.717) is 17.1 Å². The van der Waals surface area contributed by atoms with Gasteiger partial charge in [-0.15, -0.1) is 11.8 Å². The summed E-state index contributed by atoms with van der Waals surface area (Å²) in [5, 5.41) is 13.9. The van der Waals surface area contributed by atoms with E-state index in [4.69, 9.17) is 16.3 Å². The highest BCUT2D eigenvalue weighted by atomic mass is 35.5. The van der Waals surface area contributed by atoms with Crippen LogP contribution in [0.15, 0.2) is 54.6 Å². The molecule has 36 heavy (non-hydrogen) atoms. The smallest absolute Gasteiger partial charge is 0.310 e. The van der Waals surface area contributed by atoms with Crippen LogP contribution < -0.4 is 5.32 Å². The molecule has 2 aromatic carbocycles. The van der Waals surface area contributed by atoms with Crippen LogP contribution in [0.5, 0.6) is 0 Å². The highest BCUT2D eigenvalue weighted by molar-refractivity contribution is 8.02. The second-order valence-corrected chi connectivity index (χ2v) is 11.6. The van der Waals surface area contributed by atoms with E-state index in [-0.39, 0.29) is 42.2 Å². The maximum Gasteiger partial charge on any atom is 0.310 e. The van der Waals surface area contributed by atoms with Crippen LogP contribution in [0.4, 0.5) is 5.69 Å². The van der Waals surface area contributed by atoms with Crippen molar-refractivity contribution >= 4 is 46.8 Å². The topological polar surface area (TPSA) is 95.9 Å². The number of anilines is 1. The van der Waals surface area contributed by atoms with Crippen LogP contribution >= 0.6 is 23.4 Å². The predicted octanol–water partition coefficient (Wildman–Crippen LogP) is 3.91. The average molecular weight is 529 g/mol. The van der Waals surface area contributed by atoms with E-state index in [9.17, 15) is 19.5 Å². The number of thioether (sulfide) groups is 1. The van der Waals surface area contributed by atoms with Gasteiger partial charge in [-0.05, 0) is 49.1 Å². The molecule has 7 nitrogen and oxygen atoms in total. The van der Waals surface area contributed by atoms with Gasteiger partial charge >= 0.3 is 5.97 Å². The van der Waals surface area contributed by atoms with Crippen LogP contribution in [0.2, 0.25) is 5.02 Å². The Hall–Kier alpha value is -2.55. The van der Waals surface area contributed by atoms with Crippen LogP contribution in [-0.4, -0.2) is 57.0 Å². The number of ether oxygens (including phenoxy) is 1. The fraction of sp³-hybridized carbons (Fsp3) is 0.444. The molecule has 2 N–H and O–H groups in total. The number of nitrogens with zero attached hydrogens (tertiary/aromatic N) is 1. The summed E-state index contributed by atoms with van der Waals surface area (Å²) in [4.78, 5) is 42.9. The Bertz CT molecular complexity index is 1160. The number of fused-ring (bicyclic) bond motifs is 1. The molecule has 2 bridgehead atoms. The molecule has 0 aromatic heterocycles. The lowest BCUT2D eigenvalue weighted by atomic mass is 9.66. The Morgan fingerprint density at radius 2 is 1.92 bits per heavy atom. The van der Waals surface area contributed by atoms with Crippen molar-refractivity contribution in [1.29, 1.82) is 0 Å². The Labute approximate surface area is 219 Å². The van der Waals surface area contributed by atoms with E-state index in [1.807, 2.05) is 30.3 Å². The molecule has 5 rings (SSSR count). The highest BCUT2D eigenvalue weighted by Crippen LogP contribution is 2.69. The second-order valence-electron chi connectivity index (χ2n) is 9.66. The van der Waals surface area contributed by atoms with Gasteiger partial charge in [0, 0.05) is 16.0 Å². The molecular weight excluding hydrogens is 500 g/mol. The summed E-state index contributed by atoms with van der Waals surface area (Å²) in [6, 6.07) is 14.4. The average Bonchev–Trinajstić information content (AvgIpc) is 3.46. The van der Waals surface area contributed by atoms with E-state index in [0.717, 1.165) is 5.56 Å². The molecule has 9 heteroatoms. The number of benzene rings is 2. The van der Waals surface area contributed by atoms with Gasteiger partial charge in [-0.25, -0.2) is 0 Å². The quantitative estimate of drug-likeness (QED) is 0.529. The zero-order chi connectivity index (χ0) is 25.6. The van der Waals surface area contributed by atoms with Gasteiger partial charge in [0.25, 0.3) is 0 Å². The lowest BCUT2D eigenvalue weighted by molar-refractivity contribution is -0.154. The number of carbonyl (C=O) groups excluding carboxylic acids is 3. The minimum Gasteiger partial charge on any atom is -0.466 e. The molecule has 3 aliphatic heterocycles. The number of likely N-dealkylation sites (tertiary alicyclic amines) is 1. The first-order valence-corrected chi connectivity index (χ1v) is 13.5. The molecule has 0 aliphatic carbocycles. The minimum atomic E-state index is -0.882. The van der Waals surface area contributed by atoms with Crippen LogP contribution in [-0.2, 0) is 19.1 Å². The van der Waals surface area contributed by atoms with Crippen molar-refractivity contribution in [1.82, 2.24) is 4.90 Å². The first kappa shape index (κ1) is 25.1. The van der Waals surface area contributed by atoms with E-state index >= 15 is 0 Å². The monoisotopic (exact) mass is 528 g/mol. The van der Waals surface area contributed by atoms with Gasteiger partial charge in [0.2, 0.25) is 11.8 Å². The summed E-state index contributed by atoms with van der Waals surface area (Å²) in [7, 11) is 0. The molecule has 190 valence electrons.